The Bertz CT molecular complexity index is 545. The Morgan fingerprint density at radius 2 is 1.94 bits per heavy atom. The van der Waals surface area contributed by atoms with Crippen molar-refractivity contribution in [3.8, 4) is 0 Å². The third-order valence-corrected chi connectivity index (χ3v) is 4.07. The average Bonchev–Trinajstić information content (AvgIpc) is 2.98. The van der Waals surface area contributed by atoms with Crippen molar-refractivity contribution >= 4 is 10.9 Å². The molecule has 0 bridgehead atoms. The Hall–Kier alpha value is -1.54. The van der Waals surface area contributed by atoms with Gasteiger partial charge < -0.3 is 9.88 Å². The van der Waals surface area contributed by atoms with Crippen LogP contribution in [0.1, 0.15) is 24.1 Å². The molecule has 0 atom stereocenters. The van der Waals surface area contributed by atoms with Crippen LogP contribution in [0.15, 0.2) is 36.4 Å². The number of nitrogens with one attached hydrogen (secondary N) is 1. The lowest BCUT2D eigenvalue weighted by atomic mass is 10.1. The molecule has 0 aliphatic heterocycles. The Labute approximate surface area is 108 Å². The minimum atomic E-state index is 0.627. The van der Waals surface area contributed by atoms with Crippen LogP contribution >= 0.6 is 0 Å². The summed E-state index contributed by atoms with van der Waals surface area (Å²) in [6, 6.07) is 9.27. The van der Waals surface area contributed by atoms with Crippen molar-refractivity contribution in [1.29, 1.82) is 0 Å². The SMILES string of the molecule is Cc1c(CNC2CC=CC2)n(C)c2ccccc12. The zero-order chi connectivity index (χ0) is 12.5. The van der Waals surface area contributed by atoms with E-state index in [1.54, 1.807) is 0 Å². The minimum absolute atomic E-state index is 0.627. The second-order valence-corrected chi connectivity index (χ2v) is 5.17. The predicted molar refractivity (Wildman–Crippen MR) is 76.7 cm³/mol. The van der Waals surface area contributed by atoms with E-state index in [0.717, 1.165) is 6.54 Å². The normalized spacial score (nSPS) is 15.9. The molecule has 2 aromatic rings. The molecule has 2 heteroatoms. The smallest absolute Gasteiger partial charge is 0.0483 e. The fourth-order valence-corrected chi connectivity index (χ4v) is 2.91. The number of aromatic nitrogens is 1. The Morgan fingerprint density at radius 1 is 1.22 bits per heavy atom. The van der Waals surface area contributed by atoms with Gasteiger partial charge >= 0.3 is 0 Å². The maximum absolute atomic E-state index is 3.66. The van der Waals surface area contributed by atoms with Crippen LogP contribution in [0.5, 0.6) is 0 Å². The van der Waals surface area contributed by atoms with Gasteiger partial charge in [0, 0.05) is 36.2 Å². The molecule has 2 nitrogen and oxygen atoms in total. The van der Waals surface area contributed by atoms with E-state index in [0.29, 0.717) is 6.04 Å². The van der Waals surface area contributed by atoms with E-state index >= 15 is 0 Å². The molecule has 1 N–H and O–H groups in total. The molecule has 0 amide bonds. The highest BCUT2D eigenvalue weighted by atomic mass is 15.0. The minimum Gasteiger partial charge on any atom is -0.346 e. The number of aryl methyl sites for hydroxylation is 2. The molecule has 1 aromatic heterocycles. The standard InChI is InChI=1S/C16H20N2/c1-12-14-9-5-6-10-15(14)18(2)16(12)11-17-13-7-3-4-8-13/h3-6,9-10,13,17H,7-8,11H2,1-2H3. The fraction of sp³-hybridized carbons (Fsp3) is 0.375. The first kappa shape index (κ1) is 11.5. The molecule has 0 saturated heterocycles. The molecule has 0 fully saturated rings. The van der Waals surface area contributed by atoms with Gasteiger partial charge in [-0.25, -0.2) is 0 Å². The van der Waals surface area contributed by atoms with Crippen molar-refractivity contribution in [1.82, 2.24) is 9.88 Å². The molecular weight excluding hydrogens is 220 g/mol. The summed E-state index contributed by atoms with van der Waals surface area (Å²) in [6.45, 7) is 3.19. The van der Waals surface area contributed by atoms with E-state index in [4.69, 9.17) is 0 Å². The van der Waals surface area contributed by atoms with Crippen LogP contribution < -0.4 is 5.32 Å². The lowest BCUT2D eigenvalue weighted by Crippen LogP contribution is -2.26. The monoisotopic (exact) mass is 240 g/mol. The van der Waals surface area contributed by atoms with Gasteiger partial charge in [-0.2, -0.15) is 0 Å². The summed E-state index contributed by atoms with van der Waals surface area (Å²) in [4.78, 5) is 0. The van der Waals surface area contributed by atoms with Gasteiger partial charge in [0.15, 0.2) is 0 Å². The molecule has 1 aromatic carbocycles. The maximum Gasteiger partial charge on any atom is 0.0483 e. The highest BCUT2D eigenvalue weighted by Gasteiger charge is 2.14. The average molecular weight is 240 g/mol. The van der Waals surface area contributed by atoms with Crippen molar-refractivity contribution in [2.75, 3.05) is 0 Å². The molecule has 3 rings (SSSR count). The van der Waals surface area contributed by atoms with E-state index < -0.39 is 0 Å². The van der Waals surface area contributed by atoms with Gasteiger partial charge in [0.1, 0.15) is 0 Å². The van der Waals surface area contributed by atoms with Crippen molar-refractivity contribution in [2.24, 2.45) is 7.05 Å². The van der Waals surface area contributed by atoms with Crippen LogP contribution in [0.3, 0.4) is 0 Å². The largest absolute Gasteiger partial charge is 0.346 e. The van der Waals surface area contributed by atoms with Gasteiger partial charge in [-0.15, -0.1) is 0 Å². The van der Waals surface area contributed by atoms with Crippen LogP contribution in [0.4, 0.5) is 0 Å². The summed E-state index contributed by atoms with van der Waals surface area (Å²) < 4.78 is 2.32. The first-order chi connectivity index (χ1) is 8.77. The summed E-state index contributed by atoms with van der Waals surface area (Å²) in [5.41, 5.74) is 4.14. The summed E-state index contributed by atoms with van der Waals surface area (Å²) in [5, 5.41) is 5.03. The number of para-hydroxylation sites is 1. The van der Waals surface area contributed by atoms with Gasteiger partial charge in [-0.05, 0) is 31.4 Å². The van der Waals surface area contributed by atoms with E-state index in [1.165, 1.54) is 35.0 Å². The highest BCUT2D eigenvalue weighted by Crippen LogP contribution is 2.24. The number of rotatable bonds is 3. The van der Waals surface area contributed by atoms with Crippen LogP contribution in [0, 0.1) is 6.92 Å². The second kappa shape index (κ2) is 4.62. The summed E-state index contributed by atoms with van der Waals surface area (Å²) >= 11 is 0. The third-order valence-electron chi connectivity index (χ3n) is 4.07. The molecule has 1 aliphatic carbocycles. The Balaban J connectivity index is 1.87. The number of nitrogens with zero attached hydrogens (tertiary/aromatic N) is 1. The lowest BCUT2D eigenvalue weighted by Gasteiger charge is -2.13. The van der Waals surface area contributed by atoms with Crippen LogP contribution in [0.25, 0.3) is 10.9 Å². The molecule has 0 spiro atoms. The number of hydrogen-bond donors (Lipinski definition) is 1. The second-order valence-electron chi connectivity index (χ2n) is 5.17. The van der Waals surface area contributed by atoms with Crippen molar-refractivity contribution in [3.63, 3.8) is 0 Å². The zero-order valence-electron chi connectivity index (χ0n) is 11.1. The van der Waals surface area contributed by atoms with Crippen LogP contribution in [-0.2, 0) is 13.6 Å². The lowest BCUT2D eigenvalue weighted by molar-refractivity contribution is 0.526. The summed E-state index contributed by atoms with van der Waals surface area (Å²) in [7, 11) is 2.17. The van der Waals surface area contributed by atoms with Gasteiger partial charge in [-0.1, -0.05) is 30.4 Å². The van der Waals surface area contributed by atoms with Gasteiger partial charge in [0.25, 0.3) is 0 Å². The maximum atomic E-state index is 3.66. The topological polar surface area (TPSA) is 17.0 Å². The quantitative estimate of drug-likeness (QED) is 0.815. The predicted octanol–water partition coefficient (Wildman–Crippen LogP) is 3.29. The molecule has 1 heterocycles. The van der Waals surface area contributed by atoms with Crippen molar-refractivity contribution < 1.29 is 0 Å². The molecule has 0 unspecified atom stereocenters. The van der Waals surface area contributed by atoms with Crippen LogP contribution in [-0.4, -0.2) is 10.6 Å². The molecule has 0 saturated carbocycles. The number of fused-ring (bicyclic) bond motifs is 1. The molecule has 0 radical (unpaired) electrons. The van der Waals surface area contributed by atoms with E-state index in [9.17, 15) is 0 Å². The molecular formula is C16H20N2. The zero-order valence-corrected chi connectivity index (χ0v) is 11.1. The number of hydrogen-bond acceptors (Lipinski definition) is 1. The van der Waals surface area contributed by atoms with E-state index in [-0.39, 0.29) is 0 Å². The van der Waals surface area contributed by atoms with Crippen molar-refractivity contribution in [3.05, 3.63) is 47.7 Å². The van der Waals surface area contributed by atoms with Crippen LogP contribution in [0.2, 0.25) is 0 Å². The van der Waals surface area contributed by atoms with E-state index in [1.807, 2.05) is 0 Å². The molecule has 94 valence electrons. The van der Waals surface area contributed by atoms with Gasteiger partial charge in [0.05, 0.1) is 0 Å². The summed E-state index contributed by atoms with van der Waals surface area (Å²) in [5.74, 6) is 0. The highest BCUT2D eigenvalue weighted by molar-refractivity contribution is 5.85. The van der Waals surface area contributed by atoms with Gasteiger partial charge in [-0.3, -0.25) is 0 Å². The summed E-state index contributed by atoms with van der Waals surface area (Å²) in [6.07, 6.45) is 6.88. The molecule has 1 aliphatic rings. The first-order valence-corrected chi connectivity index (χ1v) is 6.68. The third kappa shape index (κ3) is 1.87. The van der Waals surface area contributed by atoms with E-state index in [2.05, 4.69) is 60.3 Å². The van der Waals surface area contributed by atoms with Gasteiger partial charge in [0.2, 0.25) is 0 Å². The Kier molecular flexibility index (Phi) is 2.96. The van der Waals surface area contributed by atoms with Crippen molar-refractivity contribution in [2.45, 2.75) is 32.4 Å². The first-order valence-electron chi connectivity index (χ1n) is 6.68. The fourth-order valence-electron chi connectivity index (χ4n) is 2.91. The Morgan fingerprint density at radius 3 is 2.67 bits per heavy atom. The molecule has 18 heavy (non-hydrogen) atoms. The number of benzene rings is 1.